The van der Waals surface area contributed by atoms with Crippen molar-refractivity contribution in [2.24, 2.45) is 5.73 Å². The minimum Gasteiger partial charge on any atom is -0.321 e. The Balaban J connectivity index is 2.57. The van der Waals surface area contributed by atoms with Crippen molar-refractivity contribution in [3.05, 3.63) is 32.8 Å². The highest BCUT2D eigenvalue weighted by molar-refractivity contribution is 6.39. The van der Waals surface area contributed by atoms with E-state index in [1.165, 1.54) is 0 Å². The van der Waals surface area contributed by atoms with Gasteiger partial charge in [0.2, 0.25) is 0 Å². The number of rotatable bonds is 1. The van der Waals surface area contributed by atoms with Gasteiger partial charge < -0.3 is 5.73 Å². The van der Waals surface area contributed by atoms with E-state index in [4.69, 9.17) is 40.5 Å². The first-order valence-corrected chi connectivity index (χ1v) is 5.10. The third-order valence-corrected chi connectivity index (χ3v) is 3.11. The lowest BCUT2D eigenvalue weighted by atomic mass is 10.1. The quantitative estimate of drug-likeness (QED) is 0.792. The molecule has 1 aromatic rings. The van der Waals surface area contributed by atoms with Crippen LogP contribution in [0.3, 0.4) is 0 Å². The SMILES string of the molecule is NC1(c2c(Cl)cc(Cl)cc2Cl)CC1. The highest BCUT2D eigenvalue weighted by atomic mass is 35.5. The van der Waals surface area contributed by atoms with Crippen LogP contribution in [0.15, 0.2) is 12.1 Å². The molecule has 2 rings (SSSR count). The van der Waals surface area contributed by atoms with Gasteiger partial charge in [-0.1, -0.05) is 34.8 Å². The molecule has 1 fully saturated rings. The van der Waals surface area contributed by atoms with Crippen molar-refractivity contribution >= 4 is 34.8 Å². The zero-order valence-corrected chi connectivity index (χ0v) is 9.05. The van der Waals surface area contributed by atoms with Gasteiger partial charge in [0.1, 0.15) is 0 Å². The van der Waals surface area contributed by atoms with Crippen LogP contribution in [0.2, 0.25) is 15.1 Å². The molecule has 1 aromatic carbocycles. The molecule has 1 aliphatic carbocycles. The monoisotopic (exact) mass is 235 g/mol. The van der Waals surface area contributed by atoms with Crippen LogP contribution < -0.4 is 5.73 Å². The number of hydrogen-bond acceptors (Lipinski definition) is 1. The van der Waals surface area contributed by atoms with Crippen molar-refractivity contribution in [2.75, 3.05) is 0 Å². The van der Waals surface area contributed by atoms with Crippen LogP contribution in [0, 0.1) is 0 Å². The molecule has 1 saturated carbocycles. The van der Waals surface area contributed by atoms with E-state index in [2.05, 4.69) is 0 Å². The van der Waals surface area contributed by atoms with Crippen molar-refractivity contribution in [1.29, 1.82) is 0 Å². The summed E-state index contributed by atoms with van der Waals surface area (Å²) in [6.45, 7) is 0. The second kappa shape index (κ2) is 3.03. The summed E-state index contributed by atoms with van der Waals surface area (Å²) in [5, 5.41) is 1.68. The molecule has 1 nitrogen and oxygen atoms in total. The Morgan fingerprint density at radius 2 is 1.54 bits per heavy atom. The van der Waals surface area contributed by atoms with Gasteiger partial charge in [0.05, 0.1) is 0 Å². The van der Waals surface area contributed by atoms with E-state index >= 15 is 0 Å². The highest BCUT2D eigenvalue weighted by Crippen LogP contribution is 2.49. The van der Waals surface area contributed by atoms with Crippen molar-refractivity contribution in [3.63, 3.8) is 0 Å². The normalized spacial score (nSPS) is 18.8. The Morgan fingerprint density at radius 1 is 1.08 bits per heavy atom. The van der Waals surface area contributed by atoms with E-state index < -0.39 is 0 Å². The maximum atomic E-state index is 6.01. The Bertz CT molecular complexity index is 335. The van der Waals surface area contributed by atoms with Crippen molar-refractivity contribution in [2.45, 2.75) is 18.4 Å². The van der Waals surface area contributed by atoms with E-state index in [1.54, 1.807) is 12.1 Å². The predicted molar refractivity (Wildman–Crippen MR) is 56.6 cm³/mol. The van der Waals surface area contributed by atoms with E-state index in [0.29, 0.717) is 15.1 Å². The molecule has 0 radical (unpaired) electrons. The lowest BCUT2D eigenvalue weighted by Gasteiger charge is -2.13. The zero-order valence-electron chi connectivity index (χ0n) is 6.78. The Kier molecular flexibility index (Phi) is 2.23. The fourth-order valence-electron chi connectivity index (χ4n) is 1.40. The van der Waals surface area contributed by atoms with Crippen LogP contribution >= 0.6 is 34.8 Å². The van der Waals surface area contributed by atoms with E-state index in [1.807, 2.05) is 0 Å². The molecular weight excluding hydrogens is 228 g/mol. The molecule has 1 aliphatic rings. The third-order valence-electron chi connectivity index (χ3n) is 2.29. The Hall–Kier alpha value is 0.0500. The fraction of sp³-hybridized carbons (Fsp3) is 0.333. The molecule has 0 aliphatic heterocycles. The van der Waals surface area contributed by atoms with Gasteiger partial charge >= 0.3 is 0 Å². The van der Waals surface area contributed by atoms with Gasteiger partial charge in [-0.2, -0.15) is 0 Å². The van der Waals surface area contributed by atoms with Gasteiger partial charge in [-0.15, -0.1) is 0 Å². The molecule has 0 amide bonds. The number of halogens is 3. The third kappa shape index (κ3) is 1.66. The lowest BCUT2D eigenvalue weighted by Crippen LogP contribution is -2.19. The number of nitrogens with two attached hydrogens (primary N) is 1. The van der Waals surface area contributed by atoms with Gasteiger partial charge in [0, 0.05) is 26.2 Å². The summed E-state index contributed by atoms with van der Waals surface area (Å²) in [5.74, 6) is 0. The molecule has 0 unspecified atom stereocenters. The fourth-order valence-corrected chi connectivity index (χ4v) is 2.60. The first-order valence-electron chi connectivity index (χ1n) is 3.97. The molecule has 0 atom stereocenters. The van der Waals surface area contributed by atoms with Gasteiger partial charge in [0.25, 0.3) is 0 Å². The smallest absolute Gasteiger partial charge is 0.0486 e. The van der Waals surface area contributed by atoms with Crippen molar-refractivity contribution in [1.82, 2.24) is 0 Å². The standard InChI is InChI=1S/C9H8Cl3N/c10-5-3-6(11)8(7(12)4-5)9(13)1-2-9/h3-4H,1-2,13H2. The summed E-state index contributed by atoms with van der Waals surface area (Å²) in [6, 6.07) is 3.36. The van der Waals surface area contributed by atoms with Gasteiger partial charge in [-0.3, -0.25) is 0 Å². The molecule has 0 heterocycles. The molecule has 0 aromatic heterocycles. The second-order valence-electron chi connectivity index (χ2n) is 3.40. The van der Waals surface area contributed by atoms with Gasteiger partial charge in [0.15, 0.2) is 0 Å². The molecule has 2 N–H and O–H groups in total. The summed E-state index contributed by atoms with van der Waals surface area (Å²) in [6.07, 6.45) is 1.88. The maximum absolute atomic E-state index is 6.01. The maximum Gasteiger partial charge on any atom is 0.0486 e. The summed E-state index contributed by atoms with van der Waals surface area (Å²) >= 11 is 17.8. The summed E-state index contributed by atoms with van der Waals surface area (Å²) < 4.78 is 0. The van der Waals surface area contributed by atoms with Crippen LogP contribution in [0.25, 0.3) is 0 Å². The molecule has 70 valence electrons. The zero-order chi connectivity index (χ0) is 9.64. The second-order valence-corrected chi connectivity index (χ2v) is 4.65. The first-order chi connectivity index (χ1) is 6.03. The van der Waals surface area contributed by atoms with E-state index in [-0.39, 0.29) is 5.54 Å². The molecule has 0 saturated heterocycles. The molecule has 0 spiro atoms. The van der Waals surface area contributed by atoms with Crippen LogP contribution in [0.1, 0.15) is 18.4 Å². The average molecular weight is 237 g/mol. The first kappa shape index (κ1) is 9.60. The lowest BCUT2D eigenvalue weighted by molar-refractivity contribution is 0.741. The summed E-state index contributed by atoms with van der Waals surface area (Å²) in [5.41, 5.74) is 6.53. The minimum absolute atomic E-state index is 0.307. The van der Waals surface area contributed by atoms with Crippen LogP contribution in [-0.4, -0.2) is 0 Å². The molecule has 0 bridgehead atoms. The average Bonchev–Trinajstić information content (AvgIpc) is 2.65. The molecular formula is C9H8Cl3N. The van der Waals surface area contributed by atoms with Crippen LogP contribution in [0.4, 0.5) is 0 Å². The van der Waals surface area contributed by atoms with Gasteiger partial charge in [-0.25, -0.2) is 0 Å². The van der Waals surface area contributed by atoms with E-state index in [0.717, 1.165) is 18.4 Å². The van der Waals surface area contributed by atoms with Crippen LogP contribution in [0.5, 0.6) is 0 Å². The largest absolute Gasteiger partial charge is 0.321 e. The highest BCUT2D eigenvalue weighted by Gasteiger charge is 2.43. The van der Waals surface area contributed by atoms with Crippen molar-refractivity contribution in [3.8, 4) is 0 Å². The summed E-state index contributed by atoms with van der Waals surface area (Å²) in [4.78, 5) is 0. The Labute approximate surface area is 91.8 Å². The molecule has 4 heteroatoms. The summed E-state index contributed by atoms with van der Waals surface area (Å²) in [7, 11) is 0. The Morgan fingerprint density at radius 3 is 1.92 bits per heavy atom. The van der Waals surface area contributed by atoms with Crippen LogP contribution in [-0.2, 0) is 5.54 Å². The predicted octanol–water partition coefficient (Wildman–Crippen LogP) is 3.59. The van der Waals surface area contributed by atoms with Gasteiger partial charge in [-0.05, 0) is 25.0 Å². The minimum atomic E-state index is -0.307. The van der Waals surface area contributed by atoms with Crippen molar-refractivity contribution < 1.29 is 0 Å². The molecule has 13 heavy (non-hydrogen) atoms. The van der Waals surface area contributed by atoms with E-state index in [9.17, 15) is 0 Å². The number of benzene rings is 1. The topological polar surface area (TPSA) is 26.0 Å². The number of hydrogen-bond donors (Lipinski definition) is 1.